The number of aromatic nitrogens is 2. The molecular formula is C17H23N3. The average Bonchev–Trinajstić information content (AvgIpc) is 3.06. The maximum absolute atomic E-state index is 5.07. The minimum Gasteiger partial charge on any atom is -0.324 e. The van der Waals surface area contributed by atoms with E-state index >= 15 is 0 Å². The number of hydrogen-bond acceptors (Lipinski definition) is 2. The van der Waals surface area contributed by atoms with Crippen molar-refractivity contribution in [3.05, 3.63) is 30.1 Å². The SMILES string of the molecule is CCCC1(c2nc3ccccc3n2C2CC2)CCNC1. The summed E-state index contributed by atoms with van der Waals surface area (Å²) in [6.45, 7) is 4.52. The van der Waals surface area contributed by atoms with Crippen LogP contribution in [0.5, 0.6) is 0 Å². The lowest BCUT2D eigenvalue weighted by Crippen LogP contribution is -2.32. The maximum Gasteiger partial charge on any atom is 0.117 e. The summed E-state index contributed by atoms with van der Waals surface area (Å²) in [6, 6.07) is 9.36. The number of para-hydroxylation sites is 2. The smallest absolute Gasteiger partial charge is 0.117 e. The number of benzene rings is 1. The molecule has 0 radical (unpaired) electrons. The minimum absolute atomic E-state index is 0.260. The number of nitrogens with one attached hydrogen (secondary N) is 1. The predicted octanol–water partition coefficient (Wildman–Crippen LogP) is 3.40. The van der Waals surface area contributed by atoms with Gasteiger partial charge in [0.15, 0.2) is 0 Å². The summed E-state index contributed by atoms with van der Waals surface area (Å²) in [5.74, 6) is 1.35. The molecule has 2 aromatic rings. The van der Waals surface area contributed by atoms with Crippen LogP contribution in [-0.2, 0) is 5.41 Å². The zero-order valence-corrected chi connectivity index (χ0v) is 12.2. The summed E-state index contributed by atoms with van der Waals surface area (Å²) in [4.78, 5) is 5.07. The van der Waals surface area contributed by atoms with Crippen LogP contribution < -0.4 is 5.32 Å². The van der Waals surface area contributed by atoms with Crippen molar-refractivity contribution in [1.82, 2.24) is 14.9 Å². The summed E-state index contributed by atoms with van der Waals surface area (Å²) < 4.78 is 2.57. The van der Waals surface area contributed by atoms with Gasteiger partial charge in [0.1, 0.15) is 5.82 Å². The van der Waals surface area contributed by atoms with Gasteiger partial charge >= 0.3 is 0 Å². The van der Waals surface area contributed by atoms with Crippen LogP contribution in [0.25, 0.3) is 11.0 Å². The van der Waals surface area contributed by atoms with Gasteiger partial charge in [0.05, 0.1) is 11.0 Å². The largest absolute Gasteiger partial charge is 0.324 e. The summed E-state index contributed by atoms with van der Waals surface area (Å²) >= 11 is 0. The fourth-order valence-corrected chi connectivity index (χ4v) is 3.86. The monoisotopic (exact) mass is 269 g/mol. The molecule has 2 aliphatic rings. The molecule has 0 amide bonds. The number of fused-ring (bicyclic) bond motifs is 1. The van der Waals surface area contributed by atoms with E-state index in [0.717, 1.165) is 13.1 Å². The van der Waals surface area contributed by atoms with Gasteiger partial charge in [-0.2, -0.15) is 0 Å². The highest BCUT2D eigenvalue weighted by Crippen LogP contribution is 2.44. The van der Waals surface area contributed by atoms with Crippen molar-refractivity contribution in [3.63, 3.8) is 0 Å². The van der Waals surface area contributed by atoms with Gasteiger partial charge in [0.2, 0.25) is 0 Å². The van der Waals surface area contributed by atoms with Crippen LogP contribution in [0.15, 0.2) is 24.3 Å². The van der Waals surface area contributed by atoms with Crippen LogP contribution >= 0.6 is 0 Å². The van der Waals surface area contributed by atoms with Crippen LogP contribution in [-0.4, -0.2) is 22.6 Å². The van der Waals surface area contributed by atoms with E-state index in [1.165, 1.54) is 49.0 Å². The molecular weight excluding hydrogens is 246 g/mol. The third-order valence-corrected chi connectivity index (χ3v) is 4.95. The van der Waals surface area contributed by atoms with E-state index in [9.17, 15) is 0 Å². The van der Waals surface area contributed by atoms with Gasteiger partial charge in [0.25, 0.3) is 0 Å². The summed E-state index contributed by atoms with van der Waals surface area (Å²) in [5.41, 5.74) is 2.78. The molecule has 106 valence electrons. The van der Waals surface area contributed by atoms with E-state index in [0.29, 0.717) is 6.04 Å². The van der Waals surface area contributed by atoms with E-state index in [-0.39, 0.29) is 5.41 Å². The lowest BCUT2D eigenvalue weighted by atomic mass is 9.81. The first-order valence-corrected chi connectivity index (χ1v) is 8.02. The first-order chi connectivity index (χ1) is 9.84. The van der Waals surface area contributed by atoms with Crippen molar-refractivity contribution < 1.29 is 0 Å². The van der Waals surface area contributed by atoms with Gasteiger partial charge in [-0.1, -0.05) is 25.5 Å². The number of nitrogens with zero attached hydrogens (tertiary/aromatic N) is 2. The van der Waals surface area contributed by atoms with Crippen molar-refractivity contribution in [1.29, 1.82) is 0 Å². The van der Waals surface area contributed by atoms with Crippen molar-refractivity contribution in [2.24, 2.45) is 0 Å². The minimum atomic E-state index is 0.260. The molecule has 20 heavy (non-hydrogen) atoms. The number of rotatable bonds is 4. The van der Waals surface area contributed by atoms with Crippen molar-refractivity contribution >= 4 is 11.0 Å². The Kier molecular flexibility index (Phi) is 2.84. The van der Waals surface area contributed by atoms with Gasteiger partial charge < -0.3 is 9.88 Å². The van der Waals surface area contributed by atoms with Crippen LogP contribution in [0.1, 0.15) is 50.9 Å². The Morgan fingerprint density at radius 2 is 2.20 bits per heavy atom. The summed E-state index contributed by atoms with van der Waals surface area (Å²) in [5, 5.41) is 3.57. The Morgan fingerprint density at radius 3 is 2.90 bits per heavy atom. The quantitative estimate of drug-likeness (QED) is 0.922. The normalized spacial score (nSPS) is 26.4. The molecule has 3 heteroatoms. The molecule has 1 N–H and O–H groups in total. The van der Waals surface area contributed by atoms with Gasteiger partial charge in [-0.15, -0.1) is 0 Å². The van der Waals surface area contributed by atoms with E-state index in [4.69, 9.17) is 4.98 Å². The molecule has 1 unspecified atom stereocenters. The molecule has 1 aliphatic carbocycles. The Balaban J connectivity index is 1.91. The molecule has 1 aromatic heterocycles. The zero-order valence-electron chi connectivity index (χ0n) is 12.2. The van der Waals surface area contributed by atoms with E-state index in [2.05, 4.69) is 41.1 Å². The van der Waals surface area contributed by atoms with Crippen molar-refractivity contribution in [3.8, 4) is 0 Å². The second-order valence-electron chi connectivity index (χ2n) is 6.48. The molecule has 1 aromatic carbocycles. The molecule has 2 heterocycles. The number of imidazole rings is 1. The average molecular weight is 269 g/mol. The van der Waals surface area contributed by atoms with Gasteiger partial charge in [-0.05, 0) is 44.4 Å². The fraction of sp³-hybridized carbons (Fsp3) is 0.588. The van der Waals surface area contributed by atoms with E-state index in [1.54, 1.807) is 0 Å². The molecule has 1 atom stereocenters. The highest BCUT2D eigenvalue weighted by molar-refractivity contribution is 5.76. The second kappa shape index (κ2) is 4.59. The van der Waals surface area contributed by atoms with Crippen LogP contribution in [0.2, 0.25) is 0 Å². The van der Waals surface area contributed by atoms with Gasteiger partial charge in [0, 0.05) is 18.0 Å². The lowest BCUT2D eigenvalue weighted by molar-refractivity contribution is 0.386. The zero-order chi connectivity index (χ0) is 13.6. The van der Waals surface area contributed by atoms with E-state index < -0.39 is 0 Å². The van der Waals surface area contributed by atoms with Crippen LogP contribution in [0, 0.1) is 0 Å². The molecule has 1 saturated carbocycles. The Bertz CT molecular complexity index is 618. The molecule has 1 aliphatic heterocycles. The van der Waals surface area contributed by atoms with E-state index in [1.807, 2.05) is 0 Å². The fourth-order valence-electron chi connectivity index (χ4n) is 3.86. The molecule has 2 fully saturated rings. The summed E-state index contributed by atoms with van der Waals surface area (Å²) in [7, 11) is 0. The molecule has 0 bridgehead atoms. The molecule has 3 nitrogen and oxygen atoms in total. The molecule has 1 saturated heterocycles. The van der Waals surface area contributed by atoms with Gasteiger partial charge in [-0.3, -0.25) is 0 Å². The van der Waals surface area contributed by atoms with Gasteiger partial charge in [-0.25, -0.2) is 4.98 Å². The summed E-state index contributed by atoms with van der Waals surface area (Å²) in [6.07, 6.45) is 6.36. The third kappa shape index (κ3) is 1.80. The Hall–Kier alpha value is -1.35. The standard InChI is InChI=1S/C17H23N3/c1-2-9-17(10-11-18-12-17)16-19-14-5-3-4-6-15(14)20(16)13-7-8-13/h3-6,13,18H,2,7-12H2,1H3. The second-order valence-corrected chi connectivity index (χ2v) is 6.48. The van der Waals surface area contributed by atoms with Crippen LogP contribution in [0.4, 0.5) is 0 Å². The van der Waals surface area contributed by atoms with Crippen molar-refractivity contribution in [2.45, 2.75) is 50.5 Å². The Morgan fingerprint density at radius 1 is 1.35 bits per heavy atom. The lowest BCUT2D eigenvalue weighted by Gasteiger charge is -2.28. The first-order valence-electron chi connectivity index (χ1n) is 8.02. The van der Waals surface area contributed by atoms with Crippen molar-refractivity contribution in [2.75, 3.05) is 13.1 Å². The Labute approximate surface area is 120 Å². The molecule has 4 rings (SSSR count). The third-order valence-electron chi connectivity index (χ3n) is 4.95. The highest BCUT2D eigenvalue weighted by Gasteiger charge is 2.41. The number of hydrogen-bond donors (Lipinski definition) is 1. The maximum atomic E-state index is 5.07. The first kappa shape index (κ1) is 12.4. The highest BCUT2D eigenvalue weighted by atomic mass is 15.2. The predicted molar refractivity (Wildman–Crippen MR) is 82.1 cm³/mol. The van der Waals surface area contributed by atoms with Crippen LogP contribution in [0.3, 0.4) is 0 Å². The molecule has 0 spiro atoms. The topological polar surface area (TPSA) is 29.9 Å².